The van der Waals surface area contributed by atoms with Gasteiger partial charge in [-0.1, -0.05) is 24.8 Å². The Morgan fingerprint density at radius 3 is 2.60 bits per heavy atom. The Hall–Kier alpha value is -3.43. The molecule has 1 atom stereocenters. The quantitative estimate of drug-likeness (QED) is 0.483. The normalized spacial score (nSPS) is 16.8. The first-order valence-corrected chi connectivity index (χ1v) is 13.7. The summed E-state index contributed by atoms with van der Waals surface area (Å²) in [5, 5.41) is 5.74. The molecule has 35 heavy (non-hydrogen) atoms. The molecule has 2 aliphatic rings. The maximum atomic E-state index is 13.5. The van der Waals surface area contributed by atoms with Crippen LogP contribution < -0.4 is 14.9 Å². The number of hydrogen-bond donors (Lipinski definition) is 2. The van der Waals surface area contributed by atoms with E-state index in [4.69, 9.17) is 0 Å². The Kier molecular flexibility index (Phi) is 6.21. The first-order valence-electron chi connectivity index (χ1n) is 11.4. The highest BCUT2D eigenvalue weighted by Crippen LogP contribution is 2.37. The van der Waals surface area contributed by atoms with Crippen molar-refractivity contribution in [1.29, 1.82) is 0 Å². The number of carbonyl (C=O) groups is 2. The lowest BCUT2D eigenvalue weighted by Gasteiger charge is -2.35. The van der Waals surface area contributed by atoms with Gasteiger partial charge in [0.05, 0.1) is 21.5 Å². The lowest BCUT2D eigenvalue weighted by molar-refractivity contribution is -0.117. The number of hydrogen-bond acceptors (Lipinski definition) is 5. The molecule has 0 radical (unpaired) electrons. The van der Waals surface area contributed by atoms with E-state index in [1.165, 1.54) is 44.3 Å². The molecule has 180 valence electrons. The highest BCUT2D eigenvalue weighted by atomic mass is 32.2. The molecule has 2 amide bonds. The molecule has 1 unspecified atom stereocenters. The second kappa shape index (κ2) is 9.31. The van der Waals surface area contributed by atoms with Crippen molar-refractivity contribution in [2.24, 2.45) is 0 Å². The van der Waals surface area contributed by atoms with Crippen LogP contribution >= 0.6 is 11.3 Å². The van der Waals surface area contributed by atoms with Crippen molar-refractivity contribution in [3.8, 4) is 0 Å². The molecule has 7 nitrogen and oxygen atoms in total. The second-order valence-corrected chi connectivity index (χ2v) is 11.6. The summed E-state index contributed by atoms with van der Waals surface area (Å²) < 4.78 is 28.4. The maximum Gasteiger partial charge on any atom is 0.265 e. The zero-order valence-electron chi connectivity index (χ0n) is 19.0. The summed E-state index contributed by atoms with van der Waals surface area (Å²) in [5.41, 5.74) is 3.07. The van der Waals surface area contributed by atoms with Gasteiger partial charge < -0.3 is 10.6 Å². The standard InChI is InChI=1S/C26H25N3O4S2/c1-2-25(30)28-21-14-15-29(22-8-4-3-7-20(21)22)35(32,33)19-12-10-18(11-13-19)27-26(31)24-16-17-6-5-9-23(17)34-24/h2-4,7-8,10-13,16,21H,1,5-6,9,14-15H2,(H,27,31)(H,28,30). The molecule has 0 saturated heterocycles. The van der Waals surface area contributed by atoms with Crippen molar-refractivity contribution in [2.45, 2.75) is 36.6 Å². The number of nitrogens with zero attached hydrogens (tertiary/aromatic N) is 1. The van der Waals surface area contributed by atoms with Gasteiger partial charge in [-0.2, -0.15) is 0 Å². The predicted octanol–water partition coefficient (Wildman–Crippen LogP) is 4.43. The topological polar surface area (TPSA) is 95.6 Å². The highest BCUT2D eigenvalue weighted by molar-refractivity contribution is 7.92. The zero-order chi connectivity index (χ0) is 24.6. The van der Waals surface area contributed by atoms with Gasteiger partial charge in [-0.3, -0.25) is 13.9 Å². The number of para-hydroxylation sites is 1. The average molecular weight is 508 g/mol. The molecule has 0 bridgehead atoms. The van der Waals surface area contributed by atoms with E-state index >= 15 is 0 Å². The number of benzene rings is 2. The van der Waals surface area contributed by atoms with Crippen LogP contribution in [0.1, 0.15) is 44.6 Å². The van der Waals surface area contributed by atoms with Crippen LogP contribution in [-0.4, -0.2) is 26.8 Å². The number of carbonyl (C=O) groups excluding carboxylic acids is 2. The van der Waals surface area contributed by atoms with Crippen molar-refractivity contribution in [2.75, 3.05) is 16.2 Å². The maximum absolute atomic E-state index is 13.5. The van der Waals surface area contributed by atoms with Gasteiger partial charge in [0.25, 0.3) is 15.9 Å². The molecule has 0 fully saturated rings. The van der Waals surface area contributed by atoms with Gasteiger partial charge in [0.1, 0.15) is 0 Å². The third-order valence-corrected chi connectivity index (χ3v) is 9.44. The number of thiophene rings is 1. The van der Waals surface area contributed by atoms with E-state index in [9.17, 15) is 18.0 Å². The van der Waals surface area contributed by atoms with E-state index < -0.39 is 10.0 Å². The van der Waals surface area contributed by atoms with Crippen LogP contribution in [0.5, 0.6) is 0 Å². The van der Waals surface area contributed by atoms with Crippen molar-refractivity contribution >= 4 is 44.5 Å². The van der Waals surface area contributed by atoms with Crippen LogP contribution in [-0.2, 0) is 27.7 Å². The van der Waals surface area contributed by atoms with Gasteiger partial charge in [0.2, 0.25) is 5.91 Å². The number of rotatable bonds is 6. The summed E-state index contributed by atoms with van der Waals surface area (Å²) in [6.45, 7) is 3.71. The molecule has 9 heteroatoms. The predicted molar refractivity (Wildman–Crippen MR) is 137 cm³/mol. The van der Waals surface area contributed by atoms with Gasteiger partial charge in [-0.25, -0.2) is 8.42 Å². The number of nitrogens with one attached hydrogen (secondary N) is 2. The molecular weight excluding hydrogens is 482 g/mol. The van der Waals surface area contributed by atoms with Crippen molar-refractivity contribution in [3.63, 3.8) is 0 Å². The molecular formula is C26H25N3O4S2. The van der Waals surface area contributed by atoms with E-state index in [2.05, 4.69) is 17.2 Å². The summed E-state index contributed by atoms with van der Waals surface area (Å²) >= 11 is 1.53. The summed E-state index contributed by atoms with van der Waals surface area (Å²) in [6.07, 6.45) is 4.84. The molecule has 2 N–H and O–H groups in total. The Morgan fingerprint density at radius 1 is 1.09 bits per heavy atom. The summed E-state index contributed by atoms with van der Waals surface area (Å²) in [5.74, 6) is -0.483. The molecule has 3 aromatic rings. The van der Waals surface area contributed by atoms with Gasteiger partial charge in [0, 0.05) is 17.1 Å². The van der Waals surface area contributed by atoms with Crippen LogP contribution in [0.3, 0.4) is 0 Å². The minimum atomic E-state index is -3.84. The van der Waals surface area contributed by atoms with Crippen molar-refractivity contribution < 1.29 is 18.0 Å². The van der Waals surface area contributed by atoms with E-state index in [0.717, 1.165) is 24.8 Å². The largest absolute Gasteiger partial charge is 0.346 e. The molecule has 1 aliphatic carbocycles. The van der Waals surface area contributed by atoms with Crippen LogP contribution in [0.4, 0.5) is 11.4 Å². The van der Waals surface area contributed by atoms with Gasteiger partial charge in [-0.05, 0) is 79.3 Å². The molecule has 5 rings (SSSR count). The van der Waals surface area contributed by atoms with E-state index in [-0.39, 0.29) is 29.3 Å². The lowest BCUT2D eigenvalue weighted by Crippen LogP contribution is -2.40. The number of amides is 2. The highest BCUT2D eigenvalue weighted by Gasteiger charge is 2.33. The monoisotopic (exact) mass is 507 g/mol. The van der Waals surface area contributed by atoms with E-state index in [1.54, 1.807) is 24.3 Å². The fourth-order valence-corrected chi connectivity index (χ4v) is 7.29. The van der Waals surface area contributed by atoms with Gasteiger partial charge >= 0.3 is 0 Å². The number of sulfonamides is 1. The minimum Gasteiger partial charge on any atom is -0.346 e. The second-order valence-electron chi connectivity index (χ2n) is 8.58. The summed E-state index contributed by atoms with van der Waals surface area (Å²) in [4.78, 5) is 26.6. The minimum absolute atomic E-state index is 0.133. The lowest BCUT2D eigenvalue weighted by atomic mass is 9.98. The summed E-state index contributed by atoms with van der Waals surface area (Å²) in [6, 6.07) is 15.1. The third kappa shape index (κ3) is 4.49. The van der Waals surface area contributed by atoms with E-state index in [1.807, 2.05) is 18.2 Å². The Bertz CT molecular complexity index is 1390. The van der Waals surface area contributed by atoms with Crippen LogP contribution in [0, 0.1) is 0 Å². The first-order chi connectivity index (χ1) is 16.9. The van der Waals surface area contributed by atoms with E-state index in [0.29, 0.717) is 22.7 Å². The first kappa shape index (κ1) is 23.3. The number of anilines is 2. The van der Waals surface area contributed by atoms with Gasteiger partial charge in [-0.15, -0.1) is 11.3 Å². The molecule has 1 aromatic heterocycles. The zero-order valence-corrected chi connectivity index (χ0v) is 20.6. The number of aryl methyl sites for hydroxylation is 2. The van der Waals surface area contributed by atoms with Crippen LogP contribution in [0.2, 0.25) is 0 Å². The fourth-order valence-electron chi connectivity index (χ4n) is 4.63. The molecule has 0 spiro atoms. The Morgan fingerprint density at radius 2 is 1.86 bits per heavy atom. The fraction of sp³-hybridized carbons (Fsp3) is 0.231. The van der Waals surface area contributed by atoms with Crippen molar-refractivity contribution in [3.05, 3.63) is 88.1 Å². The Balaban J connectivity index is 1.34. The van der Waals surface area contributed by atoms with Crippen LogP contribution in [0.25, 0.3) is 0 Å². The SMILES string of the molecule is C=CC(=O)NC1CCN(S(=O)(=O)c2ccc(NC(=O)c3cc4c(s3)CCC4)cc2)c2ccccc21. The average Bonchev–Trinajstić information content (AvgIpc) is 3.47. The molecule has 2 heterocycles. The van der Waals surface area contributed by atoms with Gasteiger partial charge in [0.15, 0.2) is 0 Å². The summed E-state index contributed by atoms with van der Waals surface area (Å²) in [7, 11) is -3.84. The molecule has 2 aromatic carbocycles. The molecule has 1 aliphatic heterocycles. The van der Waals surface area contributed by atoms with Crippen LogP contribution in [0.15, 0.2) is 72.1 Å². The third-order valence-electron chi connectivity index (χ3n) is 6.37. The number of fused-ring (bicyclic) bond motifs is 2. The smallest absolute Gasteiger partial charge is 0.265 e. The van der Waals surface area contributed by atoms with Crippen molar-refractivity contribution in [1.82, 2.24) is 5.32 Å². The molecule has 0 saturated carbocycles. The Labute approximate surface area is 208 Å².